The van der Waals surface area contributed by atoms with Gasteiger partial charge in [-0.25, -0.2) is 19.9 Å². The van der Waals surface area contributed by atoms with Crippen molar-refractivity contribution >= 4 is 16.9 Å². The van der Waals surface area contributed by atoms with Crippen LogP contribution in [0.4, 0.5) is 13.2 Å². The van der Waals surface area contributed by atoms with Gasteiger partial charge in [-0.2, -0.15) is 0 Å². The van der Waals surface area contributed by atoms with Crippen molar-refractivity contribution < 1.29 is 27.4 Å². The maximum atomic E-state index is 14.1. The molecule has 0 spiro atoms. The Morgan fingerprint density at radius 1 is 0.979 bits per heavy atom. The second-order valence-corrected chi connectivity index (χ2v) is 11.2. The van der Waals surface area contributed by atoms with Crippen molar-refractivity contribution in [3.63, 3.8) is 0 Å². The predicted octanol–water partition coefficient (Wildman–Crippen LogP) is 6.08. The number of halogens is 3. The maximum Gasteiger partial charge on any atom is 0.573 e. The molecule has 47 heavy (non-hydrogen) atoms. The van der Waals surface area contributed by atoms with Crippen LogP contribution < -0.4 is 15.0 Å². The van der Waals surface area contributed by atoms with Crippen molar-refractivity contribution in [2.45, 2.75) is 58.0 Å². The van der Waals surface area contributed by atoms with Crippen LogP contribution in [-0.2, 0) is 17.8 Å². The fraction of sp³-hybridized carbons (Fsp3) is 0.294. The molecular weight excluding hydrogens is 613 g/mol. The van der Waals surface area contributed by atoms with Gasteiger partial charge in [0, 0.05) is 36.6 Å². The highest BCUT2D eigenvalue weighted by Crippen LogP contribution is 2.37. The van der Waals surface area contributed by atoms with E-state index in [1.165, 1.54) is 22.9 Å². The van der Waals surface area contributed by atoms with Crippen molar-refractivity contribution in [1.29, 1.82) is 0 Å². The van der Waals surface area contributed by atoms with Gasteiger partial charge in [-0.15, -0.1) is 13.2 Å². The number of pyridine rings is 1. The van der Waals surface area contributed by atoms with Crippen LogP contribution in [0.2, 0.25) is 0 Å². The Balaban J connectivity index is 1.39. The number of amides is 1. The van der Waals surface area contributed by atoms with Crippen LogP contribution in [-0.4, -0.2) is 48.3 Å². The van der Waals surface area contributed by atoms with Crippen molar-refractivity contribution in [2.24, 2.45) is 0 Å². The molecule has 1 amide bonds. The van der Waals surface area contributed by atoms with Gasteiger partial charge in [-0.3, -0.25) is 14.2 Å². The summed E-state index contributed by atoms with van der Waals surface area (Å²) in [6.45, 7) is 4.20. The van der Waals surface area contributed by atoms with E-state index in [1.54, 1.807) is 60.6 Å². The zero-order valence-electron chi connectivity index (χ0n) is 25.6. The molecule has 1 atom stereocenters. The van der Waals surface area contributed by atoms with Gasteiger partial charge in [0.05, 0.1) is 30.1 Å². The van der Waals surface area contributed by atoms with E-state index in [0.717, 1.165) is 30.8 Å². The average molecular weight is 645 g/mol. The number of carbonyl (C=O) groups excluding carboxylic acids is 1. The minimum absolute atomic E-state index is 0.0830. The molecule has 242 valence electrons. The average Bonchev–Trinajstić information content (AvgIpc) is 3.90. The fourth-order valence-corrected chi connectivity index (χ4v) is 5.28. The molecule has 3 heterocycles. The lowest BCUT2D eigenvalue weighted by molar-refractivity contribution is -0.274. The van der Waals surface area contributed by atoms with Crippen LogP contribution in [0, 0.1) is 0 Å². The second kappa shape index (κ2) is 13.2. The lowest BCUT2D eigenvalue weighted by atomic mass is 10.1. The minimum atomic E-state index is -4.83. The van der Waals surface area contributed by atoms with Gasteiger partial charge >= 0.3 is 6.36 Å². The Bertz CT molecular complexity index is 1930. The molecule has 0 radical (unpaired) electrons. The number of carbonyl (C=O) groups is 1. The van der Waals surface area contributed by atoms with Gasteiger partial charge in [-0.05, 0) is 80.8 Å². The van der Waals surface area contributed by atoms with Gasteiger partial charge in [0.25, 0.3) is 5.56 Å². The van der Waals surface area contributed by atoms with Crippen molar-refractivity contribution in [2.75, 3.05) is 6.61 Å². The SMILES string of the molecule is CCOc1ccc(-n2c([C@@H](C)N(Cc3cnc(C4CC4)nc3)C(=O)Cc3ccc(OC(F)(F)F)cc3)nc3ncccc3c2=O)cc1. The molecule has 0 N–H and O–H groups in total. The van der Waals surface area contributed by atoms with Gasteiger partial charge in [0.1, 0.15) is 23.1 Å². The third kappa shape index (κ3) is 7.40. The molecule has 0 saturated heterocycles. The third-order valence-electron chi connectivity index (χ3n) is 7.77. The number of ether oxygens (including phenoxy) is 2. The maximum absolute atomic E-state index is 14.1. The summed E-state index contributed by atoms with van der Waals surface area (Å²) in [7, 11) is 0. The van der Waals surface area contributed by atoms with E-state index < -0.39 is 12.4 Å². The van der Waals surface area contributed by atoms with Crippen LogP contribution in [0.3, 0.4) is 0 Å². The molecule has 13 heteroatoms. The van der Waals surface area contributed by atoms with E-state index in [9.17, 15) is 22.8 Å². The zero-order chi connectivity index (χ0) is 33.1. The molecule has 5 aromatic rings. The van der Waals surface area contributed by atoms with Gasteiger partial charge in [-0.1, -0.05) is 12.1 Å². The van der Waals surface area contributed by atoms with E-state index in [-0.39, 0.29) is 41.7 Å². The van der Waals surface area contributed by atoms with Gasteiger partial charge in [0.2, 0.25) is 5.91 Å². The monoisotopic (exact) mass is 644 g/mol. The highest BCUT2D eigenvalue weighted by molar-refractivity contribution is 5.79. The van der Waals surface area contributed by atoms with Crippen molar-refractivity contribution in [1.82, 2.24) is 29.4 Å². The first-order valence-electron chi connectivity index (χ1n) is 15.2. The first-order valence-corrected chi connectivity index (χ1v) is 15.2. The molecular formula is C34H31F3N6O4. The quantitative estimate of drug-likeness (QED) is 0.170. The van der Waals surface area contributed by atoms with Crippen LogP contribution in [0.5, 0.6) is 11.5 Å². The van der Waals surface area contributed by atoms with Crippen LogP contribution in [0.15, 0.2) is 84.0 Å². The fourth-order valence-electron chi connectivity index (χ4n) is 5.28. The zero-order valence-corrected chi connectivity index (χ0v) is 25.6. The summed E-state index contributed by atoms with van der Waals surface area (Å²) in [5, 5.41) is 0.306. The number of hydrogen-bond acceptors (Lipinski definition) is 8. The van der Waals surface area contributed by atoms with Crippen LogP contribution in [0.25, 0.3) is 16.7 Å². The largest absolute Gasteiger partial charge is 0.573 e. The normalized spacial score (nSPS) is 13.7. The Kier molecular flexibility index (Phi) is 8.88. The molecule has 1 fully saturated rings. The lowest BCUT2D eigenvalue weighted by Gasteiger charge is -2.30. The number of rotatable bonds is 11. The first-order chi connectivity index (χ1) is 22.6. The Hall–Kier alpha value is -5.33. The molecule has 1 saturated carbocycles. The molecule has 0 unspecified atom stereocenters. The summed E-state index contributed by atoms with van der Waals surface area (Å²) in [4.78, 5) is 47.7. The van der Waals surface area contributed by atoms with E-state index >= 15 is 0 Å². The van der Waals surface area contributed by atoms with Gasteiger partial charge < -0.3 is 14.4 Å². The summed E-state index contributed by atoms with van der Waals surface area (Å²) in [5.74, 6) is 1.26. The van der Waals surface area contributed by atoms with Gasteiger partial charge in [0.15, 0.2) is 5.65 Å². The van der Waals surface area contributed by atoms with Crippen LogP contribution in [0.1, 0.15) is 61.4 Å². The number of aromatic nitrogens is 5. The summed E-state index contributed by atoms with van der Waals surface area (Å²) >= 11 is 0. The molecule has 0 bridgehead atoms. The lowest BCUT2D eigenvalue weighted by Crippen LogP contribution is -2.38. The smallest absolute Gasteiger partial charge is 0.494 e. The Morgan fingerprint density at radius 3 is 2.30 bits per heavy atom. The molecule has 2 aromatic carbocycles. The Morgan fingerprint density at radius 2 is 1.66 bits per heavy atom. The van der Waals surface area contributed by atoms with Crippen molar-refractivity contribution in [3.8, 4) is 17.2 Å². The highest BCUT2D eigenvalue weighted by atomic mass is 19.4. The summed E-state index contributed by atoms with van der Waals surface area (Å²) in [6, 6.07) is 14.6. The summed E-state index contributed by atoms with van der Waals surface area (Å²) in [5.41, 5.74) is 1.52. The minimum Gasteiger partial charge on any atom is -0.494 e. The number of alkyl halides is 3. The van der Waals surface area contributed by atoms with E-state index in [2.05, 4.69) is 19.7 Å². The number of nitrogens with zero attached hydrogens (tertiary/aromatic N) is 6. The van der Waals surface area contributed by atoms with Crippen molar-refractivity contribution in [3.05, 3.63) is 112 Å². The number of hydrogen-bond donors (Lipinski definition) is 0. The standard InChI is InChI=1S/C34H31F3N6O4/c1-3-46-26-14-10-25(11-15-26)43-32(41-31-28(33(43)45)5-4-16-38-31)21(2)42(20-23-18-39-30(40-19-23)24-8-9-24)29(44)17-22-6-12-27(13-7-22)47-34(35,36)37/h4-7,10-16,18-19,21,24H,3,8-9,17,20H2,1-2H3/t21-/m1/s1. The van der Waals surface area contributed by atoms with E-state index in [1.807, 2.05) is 6.92 Å². The Labute approximate surface area is 267 Å². The predicted molar refractivity (Wildman–Crippen MR) is 166 cm³/mol. The summed E-state index contributed by atoms with van der Waals surface area (Å²) in [6.07, 6.45) is 2.02. The number of benzene rings is 2. The molecule has 6 rings (SSSR count). The van der Waals surface area contributed by atoms with E-state index in [4.69, 9.17) is 9.72 Å². The molecule has 10 nitrogen and oxygen atoms in total. The molecule has 1 aliphatic rings. The molecule has 3 aromatic heterocycles. The highest BCUT2D eigenvalue weighted by Gasteiger charge is 2.32. The third-order valence-corrected chi connectivity index (χ3v) is 7.77. The second-order valence-electron chi connectivity index (χ2n) is 11.2. The molecule has 0 aliphatic heterocycles. The topological polar surface area (TPSA) is 112 Å². The first kappa shape index (κ1) is 31.6. The molecule has 1 aliphatic carbocycles. The van der Waals surface area contributed by atoms with Crippen LogP contribution >= 0.6 is 0 Å². The number of fused-ring (bicyclic) bond motifs is 1. The summed E-state index contributed by atoms with van der Waals surface area (Å²) < 4.78 is 49.1. The van der Waals surface area contributed by atoms with E-state index in [0.29, 0.717) is 40.5 Å².